The molecule has 0 atom stereocenters. The van der Waals surface area contributed by atoms with E-state index in [2.05, 4.69) is 10.6 Å². The van der Waals surface area contributed by atoms with Crippen molar-refractivity contribution >= 4 is 34.8 Å². The van der Waals surface area contributed by atoms with Crippen molar-refractivity contribution in [3.63, 3.8) is 0 Å². The van der Waals surface area contributed by atoms with Gasteiger partial charge < -0.3 is 20.1 Å². The molecular weight excluding hydrogens is 344 g/mol. The average Bonchev–Trinajstić information content (AvgIpc) is 2.55. The normalized spacial score (nSPS) is 10.1. The Bertz CT molecular complexity index is 793. The molecule has 0 heterocycles. The van der Waals surface area contributed by atoms with E-state index < -0.39 is 11.8 Å². The van der Waals surface area contributed by atoms with Gasteiger partial charge in [-0.15, -0.1) is 0 Å². The van der Waals surface area contributed by atoms with Gasteiger partial charge in [-0.25, -0.2) is 0 Å². The van der Waals surface area contributed by atoms with E-state index in [0.717, 1.165) is 5.56 Å². The molecule has 0 unspecified atom stereocenters. The van der Waals surface area contributed by atoms with Crippen molar-refractivity contribution in [2.75, 3.05) is 24.9 Å². The molecule has 0 aliphatic carbocycles. The molecule has 0 aromatic heterocycles. The first-order chi connectivity index (χ1) is 11.9. The summed E-state index contributed by atoms with van der Waals surface area (Å²) >= 11 is 6.02. The van der Waals surface area contributed by atoms with E-state index in [0.29, 0.717) is 27.9 Å². The highest BCUT2D eigenvalue weighted by atomic mass is 35.5. The standard InChI is InChI=1S/C18H19ClN2O4/c1-11-5-4-6-12(7-11)20-17(22)10-18(23)21-14-9-15(24-2)13(19)8-16(14)25-3/h4-9H,10H2,1-3H3,(H,20,22)(H,21,23). The second-order valence-corrected chi connectivity index (χ2v) is 5.74. The van der Waals surface area contributed by atoms with Gasteiger partial charge in [-0.3, -0.25) is 9.59 Å². The number of nitrogens with one attached hydrogen (secondary N) is 2. The number of ether oxygens (including phenoxy) is 2. The topological polar surface area (TPSA) is 76.7 Å². The molecule has 2 N–H and O–H groups in total. The van der Waals surface area contributed by atoms with Crippen LogP contribution in [0.4, 0.5) is 11.4 Å². The lowest BCUT2D eigenvalue weighted by Gasteiger charge is -2.13. The maximum absolute atomic E-state index is 12.1. The number of aryl methyl sites for hydroxylation is 1. The van der Waals surface area contributed by atoms with Crippen LogP contribution in [-0.4, -0.2) is 26.0 Å². The Balaban J connectivity index is 2.03. The SMILES string of the molecule is COc1cc(NC(=O)CC(=O)Nc2cccc(C)c2)c(OC)cc1Cl. The lowest BCUT2D eigenvalue weighted by atomic mass is 10.2. The highest BCUT2D eigenvalue weighted by Crippen LogP contribution is 2.35. The number of hydrogen-bond acceptors (Lipinski definition) is 4. The minimum Gasteiger partial charge on any atom is -0.495 e. The fourth-order valence-electron chi connectivity index (χ4n) is 2.23. The van der Waals surface area contributed by atoms with Crippen molar-refractivity contribution in [3.8, 4) is 11.5 Å². The number of amides is 2. The van der Waals surface area contributed by atoms with Gasteiger partial charge in [0.15, 0.2) is 0 Å². The Morgan fingerprint density at radius 1 is 1.00 bits per heavy atom. The molecule has 7 heteroatoms. The Kier molecular flexibility index (Phi) is 6.25. The zero-order valence-corrected chi connectivity index (χ0v) is 14.9. The molecular formula is C18H19ClN2O4. The molecule has 0 spiro atoms. The van der Waals surface area contributed by atoms with E-state index >= 15 is 0 Å². The number of rotatable bonds is 6. The summed E-state index contributed by atoms with van der Waals surface area (Å²) in [6.07, 6.45) is -0.331. The van der Waals surface area contributed by atoms with E-state index in [-0.39, 0.29) is 6.42 Å². The van der Waals surface area contributed by atoms with Crippen LogP contribution in [0, 0.1) is 6.92 Å². The summed E-state index contributed by atoms with van der Waals surface area (Å²) in [6.45, 7) is 1.92. The van der Waals surface area contributed by atoms with E-state index in [1.807, 2.05) is 25.1 Å². The maximum atomic E-state index is 12.1. The smallest absolute Gasteiger partial charge is 0.233 e. The number of halogens is 1. The minimum atomic E-state index is -0.479. The summed E-state index contributed by atoms with van der Waals surface area (Å²) < 4.78 is 10.3. The summed E-state index contributed by atoms with van der Waals surface area (Å²) in [5, 5.41) is 5.67. The molecule has 2 aromatic carbocycles. The molecule has 2 rings (SSSR count). The molecule has 0 saturated heterocycles. The number of benzene rings is 2. The number of methoxy groups -OCH3 is 2. The van der Waals surface area contributed by atoms with Gasteiger partial charge in [0, 0.05) is 17.8 Å². The van der Waals surface area contributed by atoms with Crippen LogP contribution in [0.5, 0.6) is 11.5 Å². The first kappa shape index (κ1) is 18.6. The maximum Gasteiger partial charge on any atom is 0.233 e. The summed E-state index contributed by atoms with van der Waals surface area (Å²) in [5.74, 6) is -0.129. The van der Waals surface area contributed by atoms with E-state index in [1.54, 1.807) is 6.07 Å². The molecule has 2 aromatic rings. The van der Waals surface area contributed by atoms with Gasteiger partial charge in [-0.2, -0.15) is 0 Å². The minimum absolute atomic E-state index is 0.331. The lowest BCUT2D eigenvalue weighted by molar-refractivity contribution is -0.123. The zero-order chi connectivity index (χ0) is 18.4. The predicted molar refractivity (Wildman–Crippen MR) is 97.6 cm³/mol. The van der Waals surface area contributed by atoms with Crippen LogP contribution >= 0.6 is 11.6 Å². The predicted octanol–water partition coefficient (Wildman–Crippen LogP) is 3.63. The third-order valence-corrected chi connectivity index (χ3v) is 3.67. The molecule has 6 nitrogen and oxygen atoms in total. The van der Waals surface area contributed by atoms with Crippen molar-refractivity contribution in [1.82, 2.24) is 0 Å². The fraction of sp³-hybridized carbons (Fsp3) is 0.222. The van der Waals surface area contributed by atoms with Crippen LogP contribution in [-0.2, 0) is 9.59 Å². The molecule has 25 heavy (non-hydrogen) atoms. The van der Waals surface area contributed by atoms with Crippen molar-refractivity contribution in [1.29, 1.82) is 0 Å². The second-order valence-electron chi connectivity index (χ2n) is 5.33. The van der Waals surface area contributed by atoms with Gasteiger partial charge in [0.05, 0.1) is 24.9 Å². The van der Waals surface area contributed by atoms with Crippen LogP contribution in [0.2, 0.25) is 5.02 Å². The van der Waals surface area contributed by atoms with Gasteiger partial charge in [0.25, 0.3) is 0 Å². The number of anilines is 2. The number of hydrogen-bond donors (Lipinski definition) is 2. The lowest BCUT2D eigenvalue weighted by Crippen LogP contribution is -2.21. The molecule has 0 saturated carbocycles. The Labute approximate surface area is 151 Å². The fourth-order valence-corrected chi connectivity index (χ4v) is 2.46. The molecule has 0 aliphatic rings. The summed E-state index contributed by atoms with van der Waals surface area (Å²) in [6, 6.07) is 10.4. The highest BCUT2D eigenvalue weighted by Gasteiger charge is 2.15. The van der Waals surface area contributed by atoms with Gasteiger partial charge in [0.1, 0.15) is 17.9 Å². The van der Waals surface area contributed by atoms with Crippen LogP contribution in [0.25, 0.3) is 0 Å². The van der Waals surface area contributed by atoms with E-state index in [1.165, 1.54) is 26.4 Å². The molecule has 0 fully saturated rings. The van der Waals surface area contributed by atoms with Crippen LogP contribution in [0.15, 0.2) is 36.4 Å². The molecule has 0 aliphatic heterocycles. The van der Waals surface area contributed by atoms with Gasteiger partial charge in [0.2, 0.25) is 11.8 Å². The summed E-state index contributed by atoms with van der Waals surface area (Å²) in [7, 11) is 2.92. The largest absolute Gasteiger partial charge is 0.495 e. The quantitative estimate of drug-likeness (QED) is 0.769. The van der Waals surface area contributed by atoms with Crippen molar-refractivity contribution < 1.29 is 19.1 Å². The van der Waals surface area contributed by atoms with Crippen molar-refractivity contribution in [2.45, 2.75) is 13.3 Å². The van der Waals surface area contributed by atoms with Gasteiger partial charge >= 0.3 is 0 Å². The molecule has 2 amide bonds. The Morgan fingerprint density at radius 3 is 2.32 bits per heavy atom. The monoisotopic (exact) mass is 362 g/mol. The zero-order valence-electron chi connectivity index (χ0n) is 14.2. The third-order valence-electron chi connectivity index (χ3n) is 3.37. The summed E-state index contributed by atoms with van der Waals surface area (Å²) in [4.78, 5) is 24.1. The first-order valence-corrected chi connectivity index (χ1v) is 7.88. The van der Waals surface area contributed by atoms with Crippen LogP contribution in [0.3, 0.4) is 0 Å². The number of carbonyl (C=O) groups is 2. The first-order valence-electron chi connectivity index (χ1n) is 7.51. The van der Waals surface area contributed by atoms with Gasteiger partial charge in [-0.05, 0) is 24.6 Å². The second kappa shape index (κ2) is 8.39. The van der Waals surface area contributed by atoms with Crippen molar-refractivity contribution in [2.24, 2.45) is 0 Å². The third kappa shape index (κ3) is 5.12. The molecule has 0 radical (unpaired) electrons. The Hall–Kier alpha value is -2.73. The van der Waals surface area contributed by atoms with Crippen LogP contribution in [0.1, 0.15) is 12.0 Å². The molecule has 132 valence electrons. The molecule has 0 bridgehead atoms. The Morgan fingerprint density at radius 2 is 1.68 bits per heavy atom. The highest BCUT2D eigenvalue weighted by molar-refractivity contribution is 6.32. The van der Waals surface area contributed by atoms with Crippen LogP contribution < -0.4 is 20.1 Å². The average molecular weight is 363 g/mol. The van der Waals surface area contributed by atoms with Gasteiger partial charge in [-0.1, -0.05) is 23.7 Å². The number of carbonyl (C=O) groups excluding carboxylic acids is 2. The summed E-state index contributed by atoms with van der Waals surface area (Å²) in [5.41, 5.74) is 2.03. The van der Waals surface area contributed by atoms with E-state index in [9.17, 15) is 9.59 Å². The van der Waals surface area contributed by atoms with E-state index in [4.69, 9.17) is 21.1 Å². The van der Waals surface area contributed by atoms with Crippen molar-refractivity contribution in [3.05, 3.63) is 47.0 Å².